The molecule has 0 fully saturated rings. The van der Waals surface area contributed by atoms with Crippen LogP contribution in [0.25, 0.3) is 0 Å². The Morgan fingerprint density at radius 1 is 0.905 bits per heavy atom. The lowest BCUT2D eigenvalue weighted by atomic mass is 10.2. The number of benzene rings is 1. The molecule has 0 radical (unpaired) electrons. The molecule has 0 spiro atoms. The molecule has 0 saturated carbocycles. The average molecular weight is 363 g/mol. The Kier molecular flexibility index (Phi) is 10.2. The van der Waals surface area contributed by atoms with Crippen molar-refractivity contribution in [3.05, 3.63) is 23.8 Å². The quantitative estimate of drug-likeness (QED) is 0.422. The fraction of sp³-hybridized carbons (Fsp3) is 0.600. The summed E-state index contributed by atoms with van der Waals surface area (Å²) in [7, 11) is 3.29. The summed E-state index contributed by atoms with van der Waals surface area (Å²) in [6.45, 7) is 3.33. The molecular weight excluding hydrogens is 340 g/mol. The fourth-order valence-electron chi connectivity index (χ4n) is 1.58. The molecule has 21 heavy (non-hydrogen) atoms. The van der Waals surface area contributed by atoms with Crippen molar-refractivity contribution in [2.45, 2.75) is 5.33 Å². The maximum Gasteiger partial charge on any atom is 0.127 e. The van der Waals surface area contributed by atoms with Crippen LogP contribution in [0.1, 0.15) is 5.56 Å². The summed E-state index contributed by atoms with van der Waals surface area (Å²) in [5.74, 6) is 1.59. The second-order valence-electron chi connectivity index (χ2n) is 4.17. The van der Waals surface area contributed by atoms with Crippen LogP contribution in [0.15, 0.2) is 18.2 Å². The summed E-state index contributed by atoms with van der Waals surface area (Å²) >= 11 is 3.44. The molecule has 1 aromatic rings. The van der Waals surface area contributed by atoms with Gasteiger partial charge in [0.2, 0.25) is 0 Å². The van der Waals surface area contributed by atoms with Crippen LogP contribution in [0.3, 0.4) is 0 Å². The maximum absolute atomic E-state index is 5.72. The first-order valence-corrected chi connectivity index (χ1v) is 7.94. The smallest absolute Gasteiger partial charge is 0.127 e. The Hall–Kier alpha value is -0.820. The van der Waals surface area contributed by atoms with Gasteiger partial charge in [-0.25, -0.2) is 0 Å². The number of halogens is 1. The van der Waals surface area contributed by atoms with Crippen LogP contribution in [-0.4, -0.2) is 53.9 Å². The molecule has 0 aromatic heterocycles. The zero-order chi connectivity index (χ0) is 15.3. The zero-order valence-electron chi connectivity index (χ0n) is 12.6. The highest BCUT2D eigenvalue weighted by molar-refractivity contribution is 9.08. The number of hydrogen-bond donors (Lipinski definition) is 0. The van der Waals surface area contributed by atoms with Gasteiger partial charge in [0, 0.05) is 24.1 Å². The van der Waals surface area contributed by atoms with Gasteiger partial charge < -0.3 is 23.7 Å². The van der Waals surface area contributed by atoms with Crippen LogP contribution >= 0.6 is 15.9 Å². The van der Waals surface area contributed by atoms with Gasteiger partial charge in [-0.1, -0.05) is 22.0 Å². The van der Waals surface area contributed by atoms with Crippen molar-refractivity contribution >= 4 is 15.9 Å². The molecule has 0 heterocycles. The topological polar surface area (TPSA) is 46.2 Å². The molecule has 0 saturated heterocycles. The third-order valence-corrected chi connectivity index (χ3v) is 3.31. The zero-order valence-corrected chi connectivity index (χ0v) is 14.2. The van der Waals surface area contributed by atoms with Crippen molar-refractivity contribution in [3.63, 3.8) is 0 Å². The van der Waals surface area contributed by atoms with Gasteiger partial charge in [0.25, 0.3) is 0 Å². The third-order valence-electron chi connectivity index (χ3n) is 2.71. The number of alkyl halides is 1. The minimum Gasteiger partial charge on any atom is -0.497 e. The second kappa shape index (κ2) is 11.8. The SMILES string of the molecule is COCCOCCOCCOc1cc(OC)ccc1CBr. The molecule has 5 nitrogen and oxygen atoms in total. The second-order valence-corrected chi connectivity index (χ2v) is 4.73. The number of ether oxygens (including phenoxy) is 5. The summed E-state index contributed by atoms with van der Waals surface area (Å²) in [5, 5.41) is 0.737. The lowest BCUT2D eigenvalue weighted by Gasteiger charge is -2.12. The van der Waals surface area contributed by atoms with E-state index in [4.69, 9.17) is 23.7 Å². The summed E-state index contributed by atoms with van der Waals surface area (Å²) < 4.78 is 26.5. The Labute approximate surface area is 134 Å². The highest BCUT2D eigenvalue weighted by Crippen LogP contribution is 2.26. The van der Waals surface area contributed by atoms with Crippen molar-refractivity contribution in [1.29, 1.82) is 0 Å². The Morgan fingerprint density at radius 3 is 2.19 bits per heavy atom. The molecule has 0 aliphatic carbocycles. The van der Waals surface area contributed by atoms with E-state index in [1.807, 2.05) is 18.2 Å². The highest BCUT2D eigenvalue weighted by Gasteiger charge is 2.04. The van der Waals surface area contributed by atoms with E-state index in [1.54, 1.807) is 14.2 Å². The van der Waals surface area contributed by atoms with E-state index in [0.29, 0.717) is 39.6 Å². The Morgan fingerprint density at radius 2 is 1.57 bits per heavy atom. The van der Waals surface area contributed by atoms with Crippen LogP contribution in [0.4, 0.5) is 0 Å². The van der Waals surface area contributed by atoms with E-state index in [2.05, 4.69) is 15.9 Å². The van der Waals surface area contributed by atoms with E-state index in [0.717, 1.165) is 22.4 Å². The molecule has 6 heteroatoms. The summed E-state index contributed by atoms with van der Waals surface area (Å²) in [6, 6.07) is 5.77. The number of rotatable bonds is 12. The largest absolute Gasteiger partial charge is 0.497 e. The first kappa shape index (κ1) is 18.2. The Balaban J connectivity index is 2.17. The van der Waals surface area contributed by atoms with Gasteiger partial charge >= 0.3 is 0 Å². The summed E-state index contributed by atoms with van der Waals surface area (Å²) in [4.78, 5) is 0. The van der Waals surface area contributed by atoms with Gasteiger partial charge in [0.15, 0.2) is 0 Å². The fourth-order valence-corrected chi connectivity index (χ4v) is 2.04. The van der Waals surface area contributed by atoms with Crippen LogP contribution < -0.4 is 9.47 Å². The van der Waals surface area contributed by atoms with Crippen molar-refractivity contribution in [3.8, 4) is 11.5 Å². The van der Waals surface area contributed by atoms with Gasteiger partial charge in [-0.3, -0.25) is 0 Å². The molecule has 1 rings (SSSR count). The molecule has 0 bridgehead atoms. The van der Waals surface area contributed by atoms with Crippen molar-refractivity contribution in [2.24, 2.45) is 0 Å². The van der Waals surface area contributed by atoms with E-state index in [9.17, 15) is 0 Å². The van der Waals surface area contributed by atoms with E-state index in [1.165, 1.54) is 0 Å². The lowest BCUT2D eigenvalue weighted by molar-refractivity contribution is 0.0179. The number of hydrogen-bond acceptors (Lipinski definition) is 5. The summed E-state index contributed by atoms with van der Waals surface area (Å²) in [6.07, 6.45) is 0. The van der Waals surface area contributed by atoms with Crippen LogP contribution in [0, 0.1) is 0 Å². The molecule has 0 atom stereocenters. The maximum atomic E-state index is 5.72. The van der Waals surface area contributed by atoms with E-state index >= 15 is 0 Å². The Bertz CT molecular complexity index is 386. The van der Waals surface area contributed by atoms with E-state index < -0.39 is 0 Å². The van der Waals surface area contributed by atoms with Gasteiger partial charge in [0.1, 0.15) is 18.1 Å². The molecule has 1 aromatic carbocycles. The normalized spacial score (nSPS) is 10.6. The van der Waals surface area contributed by atoms with Crippen molar-refractivity contribution in [1.82, 2.24) is 0 Å². The monoisotopic (exact) mass is 362 g/mol. The molecule has 0 aliphatic heterocycles. The third kappa shape index (κ3) is 7.66. The summed E-state index contributed by atoms with van der Waals surface area (Å²) in [5.41, 5.74) is 1.08. The molecule has 120 valence electrons. The van der Waals surface area contributed by atoms with Crippen LogP contribution in [0.5, 0.6) is 11.5 Å². The van der Waals surface area contributed by atoms with Gasteiger partial charge in [-0.05, 0) is 6.07 Å². The molecule has 0 aliphatic rings. The predicted octanol–water partition coefficient (Wildman–Crippen LogP) is 2.65. The van der Waals surface area contributed by atoms with Crippen molar-refractivity contribution < 1.29 is 23.7 Å². The predicted molar refractivity (Wildman–Crippen MR) is 84.6 cm³/mol. The molecule has 0 amide bonds. The minimum atomic E-state index is 0.491. The highest BCUT2D eigenvalue weighted by atomic mass is 79.9. The van der Waals surface area contributed by atoms with Gasteiger partial charge in [-0.15, -0.1) is 0 Å². The standard InChI is InChI=1S/C15H23BrO5/c1-17-5-6-19-7-8-20-9-10-21-15-11-14(18-2)4-3-13(15)12-16/h3-4,11H,5-10,12H2,1-2H3. The average Bonchev–Trinajstić information content (AvgIpc) is 2.53. The van der Waals surface area contributed by atoms with Crippen molar-refractivity contribution in [2.75, 3.05) is 53.9 Å². The molecular formula is C15H23BrO5. The first-order chi connectivity index (χ1) is 10.3. The minimum absolute atomic E-state index is 0.491. The van der Waals surface area contributed by atoms with Gasteiger partial charge in [-0.2, -0.15) is 0 Å². The first-order valence-electron chi connectivity index (χ1n) is 6.82. The lowest BCUT2D eigenvalue weighted by Crippen LogP contribution is -2.12. The van der Waals surface area contributed by atoms with E-state index in [-0.39, 0.29) is 0 Å². The number of methoxy groups -OCH3 is 2. The van der Waals surface area contributed by atoms with Gasteiger partial charge in [0.05, 0.1) is 40.1 Å². The molecule has 0 unspecified atom stereocenters. The molecule has 0 N–H and O–H groups in total. The van der Waals surface area contributed by atoms with Crippen LogP contribution in [-0.2, 0) is 19.5 Å². The van der Waals surface area contributed by atoms with Crippen LogP contribution in [0.2, 0.25) is 0 Å².